The number of nitrogens with zero attached hydrogens (tertiary/aromatic N) is 3. The van der Waals surface area contributed by atoms with E-state index in [0.29, 0.717) is 11.4 Å². The molecular weight excluding hydrogens is 282 g/mol. The van der Waals surface area contributed by atoms with Crippen LogP contribution < -0.4 is 4.90 Å². The van der Waals surface area contributed by atoms with Crippen LogP contribution in [-0.4, -0.2) is 24.2 Å². The Labute approximate surface area is 128 Å². The number of anilines is 1. The van der Waals surface area contributed by atoms with E-state index in [1.807, 2.05) is 19.1 Å². The predicted molar refractivity (Wildman–Crippen MR) is 85.2 cm³/mol. The van der Waals surface area contributed by atoms with Crippen molar-refractivity contribution in [1.29, 1.82) is 0 Å². The lowest BCUT2D eigenvalue weighted by Gasteiger charge is -2.12. The molecular formula is C16H17N3O3. The van der Waals surface area contributed by atoms with Gasteiger partial charge >= 0.3 is 0 Å². The third kappa shape index (κ3) is 3.00. The van der Waals surface area contributed by atoms with E-state index in [1.54, 1.807) is 12.1 Å². The van der Waals surface area contributed by atoms with Crippen molar-refractivity contribution in [2.24, 2.45) is 4.99 Å². The molecule has 2 aromatic rings. The fraction of sp³-hybridized carbons (Fsp3) is 0.312. The Bertz CT molecular complexity index is 715. The third-order valence-electron chi connectivity index (χ3n) is 3.69. The van der Waals surface area contributed by atoms with Gasteiger partial charge in [0.25, 0.3) is 5.69 Å². The molecule has 2 heterocycles. The van der Waals surface area contributed by atoms with Gasteiger partial charge in [-0.2, -0.15) is 0 Å². The van der Waals surface area contributed by atoms with Crippen molar-refractivity contribution in [2.45, 2.75) is 19.8 Å². The summed E-state index contributed by atoms with van der Waals surface area (Å²) >= 11 is 0. The SMILES string of the molecule is Cc1ccc(N=Cc2ccc(N3CCCC3)o2)c([N+](=O)[O-])c1. The minimum atomic E-state index is -0.419. The van der Waals surface area contributed by atoms with Gasteiger partial charge in [-0.1, -0.05) is 6.07 Å². The molecule has 3 rings (SSSR count). The molecule has 0 amide bonds. The van der Waals surface area contributed by atoms with Crippen molar-refractivity contribution in [3.8, 4) is 0 Å². The van der Waals surface area contributed by atoms with Crippen LogP contribution in [0.25, 0.3) is 0 Å². The molecule has 1 aliphatic heterocycles. The monoisotopic (exact) mass is 299 g/mol. The fourth-order valence-corrected chi connectivity index (χ4v) is 2.54. The summed E-state index contributed by atoms with van der Waals surface area (Å²) < 4.78 is 5.72. The second-order valence-corrected chi connectivity index (χ2v) is 5.38. The van der Waals surface area contributed by atoms with E-state index in [4.69, 9.17) is 4.42 Å². The molecule has 0 unspecified atom stereocenters. The van der Waals surface area contributed by atoms with E-state index in [2.05, 4.69) is 9.89 Å². The summed E-state index contributed by atoms with van der Waals surface area (Å²) in [4.78, 5) is 17.0. The quantitative estimate of drug-likeness (QED) is 0.488. The van der Waals surface area contributed by atoms with Crippen LogP contribution in [0.4, 0.5) is 17.3 Å². The molecule has 1 aromatic carbocycles. The molecule has 6 nitrogen and oxygen atoms in total. The van der Waals surface area contributed by atoms with Gasteiger partial charge in [-0.25, -0.2) is 4.99 Å². The highest BCUT2D eigenvalue weighted by atomic mass is 16.6. The number of aryl methyl sites for hydroxylation is 1. The molecule has 1 aliphatic rings. The minimum Gasteiger partial charge on any atom is -0.440 e. The Morgan fingerprint density at radius 2 is 2.05 bits per heavy atom. The lowest BCUT2D eigenvalue weighted by atomic mass is 10.2. The molecule has 1 aromatic heterocycles. The largest absolute Gasteiger partial charge is 0.440 e. The molecule has 114 valence electrons. The lowest BCUT2D eigenvalue weighted by molar-refractivity contribution is -0.384. The van der Waals surface area contributed by atoms with E-state index in [0.717, 1.165) is 24.5 Å². The molecule has 0 aliphatic carbocycles. The maximum atomic E-state index is 11.1. The van der Waals surface area contributed by atoms with Crippen molar-refractivity contribution in [3.63, 3.8) is 0 Å². The zero-order chi connectivity index (χ0) is 15.5. The summed E-state index contributed by atoms with van der Waals surface area (Å²) in [7, 11) is 0. The first-order valence-electron chi connectivity index (χ1n) is 7.27. The highest BCUT2D eigenvalue weighted by molar-refractivity contribution is 5.81. The van der Waals surface area contributed by atoms with E-state index >= 15 is 0 Å². The molecule has 0 bridgehead atoms. The molecule has 6 heteroatoms. The standard InChI is InChI=1S/C16H17N3O3/c1-12-4-6-14(15(10-12)19(20)21)17-11-13-5-7-16(22-13)18-8-2-3-9-18/h4-7,10-11H,2-3,8-9H2,1H3. The number of furan rings is 1. The van der Waals surface area contributed by atoms with Crippen LogP contribution in [-0.2, 0) is 0 Å². The minimum absolute atomic E-state index is 0.00238. The van der Waals surface area contributed by atoms with Gasteiger partial charge in [0.1, 0.15) is 11.4 Å². The predicted octanol–water partition coefficient (Wildman–Crippen LogP) is 3.85. The average Bonchev–Trinajstić information content (AvgIpc) is 3.16. The molecule has 0 radical (unpaired) electrons. The maximum Gasteiger partial charge on any atom is 0.295 e. The smallest absolute Gasteiger partial charge is 0.295 e. The van der Waals surface area contributed by atoms with Gasteiger partial charge in [-0.15, -0.1) is 0 Å². The van der Waals surface area contributed by atoms with Crippen LogP contribution >= 0.6 is 0 Å². The van der Waals surface area contributed by atoms with Gasteiger partial charge in [0.2, 0.25) is 0 Å². The summed E-state index contributed by atoms with van der Waals surface area (Å²) in [6.07, 6.45) is 3.89. The van der Waals surface area contributed by atoms with E-state index in [-0.39, 0.29) is 5.69 Å². The van der Waals surface area contributed by atoms with Crippen LogP contribution in [0.5, 0.6) is 0 Å². The molecule has 0 atom stereocenters. The Kier molecular flexibility index (Phi) is 3.91. The second-order valence-electron chi connectivity index (χ2n) is 5.38. The summed E-state index contributed by atoms with van der Waals surface area (Å²) in [5.74, 6) is 1.43. The topological polar surface area (TPSA) is 71.9 Å². The van der Waals surface area contributed by atoms with Crippen LogP contribution in [0.1, 0.15) is 24.2 Å². The number of hydrogen-bond donors (Lipinski definition) is 0. The Morgan fingerprint density at radius 3 is 2.77 bits per heavy atom. The Morgan fingerprint density at radius 1 is 1.27 bits per heavy atom. The van der Waals surface area contributed by atoms with Crippen molar-refractivity contribution in [2.75, 3.05) is 18.0 Å². The van der Waals surface area contributed by atoms with E-state index in [9.17, 15) is 10.1 Å². The van der Waals surface area contributed by atoms with Crippen molar-refractivity contribution in [3.05, 3.63) is 51.8 Å². The molecule has 0 spiro atoms. The van der Waals surface area contributed by atoms with Crippen molar-refractivity contribution >= 4 is 23.5 Å². The number of aliphatic imine (C=N–C) groups is 1. The van der Waals surface area contributed by atoms with Crippen LogP contribution in [0.2, 0.25) is 0 Å². The first-order valence-corrected chi connectivity index (χ1v) is 7.27. The molecule has 0 N–H and O–H groups in total. The van der Waals surface area contributed by atoms with Gasteiger partial charge in [0, 0.05) is 25.2 Å². The Hall–Kier alpha value is -2.63. The van der Waals surface area contributed by atoms with Gasteiger partial charge in [-0.3, -0.25) is 10.1 Å². The average molecular weight is 299 g/mol. The van der Waals surface area contributed by atoms with Gasteiger partial charge < -0.3 is 9.32 Å². The number of hydrogen-bond acceptors (Lipinski definition) is 5. The van der Waals surface area contributed by atoms with Gasteiger partial charge in [-0.05, 0) is 37.5 Å². The van der Waals surface area contributed by atoms with Crippen LogP contribution in [0, 0.1) is 17.0 Å². The lowest BCUT2D eigenvalue weighted by Crippen LogP contribution is -2.16. The summed E-state index contributed by atoms with van der Waals surface area (Å²) in [6.45, 7) is 3.83. The second kappa shape index (κ2) is 6.01. The van der Waals surface area contributed by atoms with Crippen molar-refractivity contribution in [1.82, 2.24) is 0 Å². The molecule has 0 saturated carbocycles. The molecule has 1 fully saturated rings. The van der Waals surface area contributed by atoms with E-state index in [1.165, 1.54) is 25.1 Å². The third-order valence-corrected chi connectivity index (χ3v) is 3.69. The number of nitro groups is 1. The van der Waals surface area contributed by atoms with Gasteiger partial charge in [0.05, 0.1) is 11.1 Å². The van der Waals surface area contributed by atoms with Crippen molar-refractivity contribution < 1.29 is 9.34 Å². The summed E-state index contributed by atoms with van der Waals surface area (Å²) in [5, 5.41) is 11.1. The first kappa shape index (κ1) is 14.3. The van der Waals surface area contributed by atoms with Crippen LogP contribution in [0.3, 0.4) is 0 Å². The number of rotatable bonds is 4. The van der Waals surface area contributed by atoms with E-state index < -0.39 is 4.92 Å². The fourth-order valence-electron chi connectivity index (χ4n) is 2.54. The molecule has 1 saturated heterocycles. The Balaban J connectivity index is 1.81. The highest BCUT2D eigenvalue weighted by Gasteiger charge is 2.16. The number of benzene rings is 1. The van der Waals surface area contributed by atoms with Gasteiger partial charge in [0.15, 0.2) is 5.88 Å². The first-order chi connectivity index (χ1) is 10.6. The summed E-state index contributed by atoms with van der Waals surface area (Å²) in [6, 6.07) is 8.71. The normalized spacial score (nSPS) is 14.9. The zero-order valence-corrected chi connectivity index (χ0v) is 12.4. The summed E-state index contributed by atoms with van der Waals surface area (Å²) in [5.41, 5.74) is 1.16. The maximum absolute atomic E-state index is 11.1. The number of nitro benzene ring substituents is 1. The highest BCUT2D eigenvalue weighted by Crippen LogP contribution is 2.28. The molecule has 22 heavy (non-hydrogen) atoms. The zero-order valence-electron chi connectivity index (χ0n) is 12.4. The van der Waals surface area contributed by atoms with Crippen LogP contribution in [0.15, 0.2) is 39.7 Å².